The summed E-state index contributed by atoms with van der Waals surface area (Å²) < 4.78 is 0.836. The minimum absolute atomic E-state index is 0.217. The molecule has 0 aliphatic heterocycles. The molecule has 0 fully saturated rings. The predicted molar refractivity (Wildman–Crippen MR) is 76.1 cm³/mol. The number of aryl methyl sites for hydroxylation is 1. The highest BCUT2D eigenvalue weighted by Crippen LogP contribution is 2.23. The van der Waals surface area contributed by atoms with Crippen LogP contribution in [0.5, 0.6) is 0 Å². The first-order chi connectivity index (χ1) is 8.56. The van der Waals surface area contributed by atoms with Gasteiger partial charge in [-0.2, -0.15) is 0 Å². The molecule has 0 atom stereocenters. The van der Waals surface area contributed by atoms with E-state index in [0.29, 0.717) is 10.7 Å². The van der Waals surface area contributed by atoms with Crippen molar-refractivity contribution in [3.8, 4) is 0 Å². The number of halogens is 2. The molecule has 18 heavy (non-hydrogen) atoms. The molecule has 0 aliphatic carbocycles. The zero-order valence-corrected chi connectivity index (χ0v) is 11.9. The van der Waals surface area contributed by atoms with E-state index in [1.165, 1.54) is 6.20 Å². The lowest BCUT2D eigenvalue weighted by molar-refractivity contribution is 0.102. The summed E-state index contributed by atoms with van der Waals surface area (Å²) in [5.74, 6) is -0.217. The average Bonchev–Trinajstić information content (AvgIpc) is 2.34. The Hall–Kier alpha value is -1.39. The number of rotatable bonds is 2. The van der Waals surface area contributed by atoms with Crippen molar-refractivity contribution in [2.75, 3.05) is 5.32 Å². The van der Waals surface area contributed by atoms with Crippen LogP contribution in [0.2, 0.25) is 5.15 Å². The number of amides is 1. The van der Waals surface area contributed by atoms with E-state index in [9.17, 15) is 4.79 Å². The molecule has 2 rings (SSSR count). The van der Waals surface area contributed by atoms with Crippen LogP contribution >= 0.6 is 27.5 Å². The minimum Gasteiger partial charge on any atom is -0.321 e. The van der Waals surface area contributed by atoms with Crippen molar-refractivity contribution >= 4 is 39.1 Å². The molecule has 0 spiro atoms. The van der Waals surface area contributed by atoms with Gasteiger partial charge < -0.3 is 5.32 Å². The van der Waals surface area contributed by atoms with Crippen molar-refractivity contribution in [1.82, 2.24) is 4.98 Å². The number of hydrogen-bond donors (Lipinski definition) is 1. The van der Waals surface area contributed by atoms with Gasteiger partial charge in [-0.05, 0) is 52.7 Å². The van der Waals surface area contributed by atoms with Crippen LogP contribution in [0.25, 0.3) is 0 Å². The highest BCUT2D eigenvalue weighted by Gasteiger charge is 2.08. The molecule has 0 bridgehead atoms. The van der Waals surface area contributed by atoms with E-state index in [0.717, 1.165) is 15.7 Å². The molecule has 1 heterocycles. The van der Waals surface area contributed by atoms with Crippen LogP contribution in [-0.2, 0) is 0 Å². The molecular weight excluding hydrogens is 316 g/mol. The number of benzene rings is 1. The average molecular weight is 326 g/mol. The van der Waals surface area contributed by atoms with E-state index < -0.39 is 0 Å². The van der Waals surface area contributed by atoms with Crippen LogP contribution in [0.15, 0.2) is 41.0 Å². The fraction of sp³-hybridized carbons (Fsp3) is 0.0769. The smallest absolute Gasteiger partial charge is 0.257 e. The molecule has 0 saturated carbocycles. The Labute approximate surface area is 118 Å². The fourth-order valence-electron chi connectivity index (χ4n) is 1.44. The topological polar surface area (TPSA) is 42.0 Å². The van der Waals surface area contributed by atoms with Crippen LogP contribution < -0.4 is 5.32 Å². The first kappa shape index (κ1) is 13.1. The number of pyridine rings is 1. The summed E-state index contributed by atoms with van der Waals surface area (Å²) in [7, 11) is 0. The highest BCUT2D eigenvalue weighted by molar-refractivity contribution is 9.10. The molecule has 92 valence electrons. The molecule has 0 saturated heterocycles. The largest absolute Gasteiger partial charge is 0.321 e. The second-order valence-corrected chi connectivity index (χ2v) is 5.05. The summed E-state index contributed by atoms with van der Waals surface area (Å²) in [5.41, 5.74) is 2.27. The summed E-state index contributed by atoms with van der Waals surface area (Å²) in [6.07, 6.45) is 1.45. The summed E-state index contributed by atoms with van der Waals surface area (Å²) in [4.78, 5) is 15.8. The Bertz CT molecular complexity index is 584. The molecule has 0 radical (unpaired) electrons. The zero-order valence-electron chi connectivity index (χ0n) is 9.58. The third-order valence-corrected chi connectivity index (χ3v) is 3.27. The van der Waals surface area contributed by atoms with E-state index in [2.05, 4.69) is 26.2 Å². The minimum atomic E-state index is -0.217. The first-order valence-electron chi connectivity index (χ1n) is 5.25. The van der Waals surface area contributed by atoms with Gasteiger partial charge in [0, 0.05) is 10.7 Å². The molecule has 5 heteroatoms. The van der Waals surface area contributed by atoms with Gasteiger partial charge in [-0.15, -0.1) is 0 Å². The van der Waals surface area contributed by atoms with E-state index in [4.69, 9.17) is 11.6 Å². The van der Waals surface area contributed by atoms with E-state index in [1.807, 2.05) is 25.1 Å². The Morgan fingerprint density at radius 1 is 1.33 bits per heavy atom. The monoisotopic (exact) mass is 324 g/mol. The Balaban J connectivity index is 2.21. The van der Waals surface area contributed by atoms with Crippen molar-refractivity contribution in [2.45, 2.75) is 6.92 Å². The number of carbonyl (C=O) groups is 1. The third kappa shape index (κ3) is 3.09. The number of anilines is 1. The second-order valence-electron chi connectivity index (χ2n) is 3.81. The number of nitrogens with one attached hydrogen (secondary N) is 1. The van der Waals surface area contributed by atoms with Crippen molar-refractivity contribution < 1.29 is 4.79 Å². The van der Waals surface area contributed by atoms with Gasteiger partial charge in [0.05, 0.1) is 11.3 Å². The number of carbonyl (C=O) groups excluding carboxylic acids is 1. The van der Waals surface area contributed by atoms with Crippen molar-refractivity contribution in [2.24, 2.45) is 0 Å². The maximum atomic E-state index is 12.0. The summed E-state index contributed by atoms with van der Waals surface area (Å²) in [6, 6.07) is 8.97. The quantitative estimate of drug-likeness (QED) is 0.846. The van der Waals surface area contributed by atoms with Crippen molar-refractivity contribution in [3.05, 3.63) is 57.3 Å². The van der Waals surface area contributed by atoms with Gasteiger partial charge in [0.1, 0.15) is 5.15 Å². The lowest BCUT2D eigenvalue weighted by atomic mass is 10.2. The van der Waals surface area contributed by atoms with Crippen LogP contribution in [0.1, 0.15) is 15.9 Å². The predicted octanol–water partition coefficient (Wildman–Crippen LogP) is 4.06. The van der Waals surface area contributed by atoms with Gasteiger partial charge in [0.2, 0.25) is 0 Å². The Morgan fingerprint density at radius 2 is 2.11 bits per heavy atom. The molecular formula is C13H10BrClN2O. The van der Waals surface area contributed by atoms with E-state index >= 15 is 0 Å². The van der Waals surface area contributed by atoms with Gasteiger partial charge >= 0.3 is 0 Å². The maximum Gasteiger partial charge on any atom is 0.257 e. The Morgan fingerprint density at radius 3 is 2.78 bits per heavy atom. The van der Waals surface area contributed by atoms with E-state index in [-0.39, 0.29) is 5.91 Å². The maximum absolute atomic E-state index is 12.0. The van der Waals surface area contributed by atoms with Gasteiger partial charge in [-0.25, -0.2) is 4.98 Å². The zero-order chi connectivity index (χ0) is 13.1. The number of nitrogens with zero attached hydrogens (tertiary/aromatic N) is 1. The number of aromatic nitrogens is 1. The normalized spacial score (nSPS) is 10.2. The lowest BCUT2D eigenvalue weighted by Gasteiger charge is -2.08. The lowest BCUT2D eigenvalue weighted by Crippen LogP contribution is -2.12. The second kappa shape index (κ2) is 5.50. The van der Waals surface area contributed by atoms with Gasteiger partial charge in [-0.1, -0.05) is 17.7 Å². The fourth-order valence-corrected chi connectivity index (χ4v) is 1.90. The third-order valence-electron chi connectivity index (χ3n) is 2.36. The van der Waals surface area contributed by atoms with Crippen molar-refractivity contribution in [1.29, 1.82) is 0 Å². The van der Waals surface area contributed by atoms with Crippen LogP contribution in [-0.4, -0.2) is 10.9 Å². The highest BCUT2D eigenvalue weighted by atomic mass is 79.9. The van der Waals surface area contributed by atoms with Crippen LogP contribution in [0, 0.1) is 6.92 Å². The molecule has 0 unspecified atom stereocenters. The van der Waals surface area contributed by atoms with E-state index in [1.54, 1.807) is 12.1 Å². The SMILES string of the molecule is Cc1ccc(Br)c(NC(=O)c2ccc(Cl)nc2)c1. The number of hydrogen-bond acceptors (Lipinski definition) is 2. The molecule has 3 nitrogen and oxygen atoms in total. The summed E-state index contributed by atoms with van der Waals surface area (Å²) in [6.45, 7) is 1.96. The van der Waals surface area contributed by atoms with Crippen molar-refractivity contribution in [3.63, 3.8) is 0 Å². The molecule has 1 amide bonds. The van der Waals surface area contributed by atoms with Crippen LogP contribution in [0.4, 0.5) is 5.69 Å². The van der Waals surface area contributed by atoms with Gasteiger partial charge in [0.15, 0.2) is 0 Å². The first-order valence-corrected chi connectivity index (χ1v) is 6.42. The molecule has 2 aromatic rings. The standard InChI is InChI=1S/C13H10BrClN2O/c1-8-2-4-10(14)11(6-8)17-13(18)9-3-5-12(15)16-7-9/h2-7H,1H3,(H,17,18). The molecule has 0 aliphatic rings. The summed E-state index contributed by atoms with van der Waals surface area (Å²) in [5, 5.41) is 3.18. The van der Waals surface area contributed by atoms with Crippen LogP contribution in [0.3, 0.4) is 0 Å². The van der Waals surface area contributed by atoms with Gasteiger partial charge in [0.25, 0.3) is 5.91 Å². The Kier molecular flexibility index (Phi) is 3.99. The summed E-state index contributed by atoms with van der Waals surface area (Å²) >= 11 is 9.06. The molecule has 1 N–H and O–H groups in total. The molecule has 1 aromatic carbocycles. The molecule has 1 aromatic heterocycles. The van der Waals surface area contributed by atoms with Gasteiger partial charge in [-0.3, -0.25) is 4.79 Å².